The van der Waals surface area contributed by atoms with Crippen molar-refractivity contribution in [1.82, 2.24) is 4.57 Å². The Morgan fingerprint density at radius 2 is 1.66 bits per heavy atom. The molecule has 0 saturated carbocycles. The molecule has 0 aliphatic rings. The monoisotopic (exact) mass is 404 g/mol. The van der Waals surface area contributed by atoms with Gasteiger partial charge in [0.25, 0.3) is 11.5 Å². The highest BCUT2D eigenvalue weighted by atomic mass is 35.5. The summed E-state index contributed by atoms with van der Waals surface area (Å²) in [6.45, 7) is 1.76. The minimum atomic E-state index is -0.701. The number of nitrogens with zero attached hydrogens (tertiary/aromatic N) is 1. The van der Waals surface area contributed by atoms with Crippen molar-refractivity contribution in [2.24, 2.45) is 0 Å². The van der Waals surface area contributed by atoms with Crippen LogP contribution in [0.4, 0.5) is 5.69 Å². The van der Waals surface area contributed by atoms with Crippen molar-refractivity contribution in [3.8, 4) is 11.4 Å². The van der Waals surface area contributed by atoms with E-state index in [1.54, 1.807) is 73.7 Å². The maximum absolute atomic E-state index is 13.3. The Bertz CT molecular complexity index is 1300. The second-order valence-corrected chi connectivity index (χ2v) is 6.99. The zero-order valence-corrected chi connectivity index (χ0v) is 16.3. The van der Waals surface area contributed by atoms with Crippen LogP contribution < -0.4 is 10.9 Å². The molecule has 2 N–H and O–H groups in total. The highest BCUT2D eigenvalue weighted by molar-refractivity contribution is 6.31. The fourth-order valence-electron chi connectivity index (χ4n) is 3.29. The lowest BCUT2D eigenvalue weighted by molar-refractivity contribution is 0.102. The molecular formula is C23H17ClN2O3. The van der Waals surface area contributed by atoms with Gasteiger partial charge >= 0.3 is 0 Å². The van der Waals surface area contributed by atoms with Crippen LogP contribution in [0.2, 0.25) is 5.02 Å². The molecule has 3 aromatic carbocycles. The van der Waals surface area contributed by atoms with E-state index in [-0.39, 0.29) is 11.3 Å². The number of fused-ring (bicyclic) bond motifs is 1. The van der Waals surface area contributed by atoms with Crippen LogP contribution in [0.25, 0.3) is 16.6 Å². The number of hydrogen-bond acceptors (Lipinski definition) is 3. The summed E-state index contributed by atoms with van der Waals surface area (Å²) in [4.78, 5) is 26.3. The molecule has 0 atom stereocenters. The lowest BCUT2D eigenvalue weighted by Gasteiger charge is -2.15. The minimum absolute atomic E-state index is 0.327. The molecular weight excluding hydrogens is 388 g/mol. The summed E-state index contributed by atoms with van der Waals surface area (Å²) in [6, 6.07) is 21.0. The number of rotatable bonds is 3. The van der Waals surface area contributed by atoms with Gasteiger partial charge in [0, 0.05) is 21.8 Å². The number of carbonyl (C=O) groups excluding carboxylic acids is 1. The molecule has 0 unspecified atom stereocenters. The Hall–Kier alpha value is -3.57. The summed E-state index contributed by atoms with van der Waals surface area (Å²) in [5, 5.41) is 14.4. The average Bonchev–Trinajstić information content (AvgIpc) is 2.72. The van der Waals surface area contributed by atoms with E-state index in [9.17, 15) is 14.7 Å². The van der Waals surface area contributed by atoms with Crippen molar-refractivity contribution < 1.29 is 9.90 Å². The van der Waals surface area contributed by atoms with E-state index < -0.39 is 11.5 Å². The van der Waals surface area contributed by atoms with E-state index in [0.717, 1.165) is 0 Å². The van der Waals surface area contributed by atoms with Crippen LogP contribution in [-0.2, 0) is 0 Å². The summed E-state index contributed by atoms with van der Waals surface area (Å²) >= 11 is 6.12. The number of pyridine rings is 1. The van der Waals surface area contributed by atoms with E-state index in [1.807, 2.05) is 6.07 Å². The average molecular weight is 405 g/mol. The number of aromatic nitrogens is 1. The van der Waals surface area contributed by atoms with Gasteiger partial charge < -0.3 is 10.4 Å². The summed E-state index contributed by atoms with van der Waals surface area (Å²) in [5.41, 5.74) is 1.32. The van der Waals surface area contributed by atoms with Gasteiger partial charge in [-0.2, -0.15) is 0 Å². The number of anilines is 1. The number of hydrogen-bond donors (Lipinski definition) is 2. The van der Waals surface area contributed by atoms with Gasteiger partial charge in [-0.3, -0.25) is 14.2 Å². The van der Waals surface area contributed by atoms with Gasteiger partial charge in [-0.1, -0.05) is 48.0 Å². The first-order chi connectivity index (χ1) is 14.0. The van der Waals surface area contributed by atoms with Gasteiger partial charge in [0.1, 0.15) is 11.3 Å². The number of halogens is 1. The standard InChI is InChI=1S/C23H17ClN2O3/c1-14-17(24)11-7-12-18(14)25-22(28)20-21(27)16-10-5-6-13-19(16)26(23(20)29)15-8-3-2-4-9-15/h2-13,27H,1H3,(H,25,28). The lowest BCUT2D eigenvalue weighted by atomic mass is 10.1. The van der Waals surface area contributed by atoms with Crippen LogP contribution in [0.15, 0.2) is 77.6 Å². The zero-order valence-electron chi connectivity index (χ0n) is 15.5. The molecule has 4 rings (SSSR count). The van der Waals surface area contributed by atoms with E-state index >= 15 is 0 Å². The van der Waals surface area contributed by atoms with Gasteiger partial charge in [-0.05, 0) is 48.9 Å². The first-order valence-electron chi connectivity index (χ1n) is 8.97. The molecule has 0 fully saturated rings. The third-order valence-electron chi connectivity index (χ3n) is 4.81. The number of carbonyl (C=O) groups is 1. The van der Waals surface area contributed by atoms with Gasteiger partial charge in [0.2, 0.25) is 0 Å². The second-order valence-electron chi connectivity index (χ2n) is 6.58. The highest BCUT2D eigenvalue weighted by Gasteiger charge is 2.23. The predicted molar refractivity (Wildman–Crippen MR) is 115 cm³/mol. The van der Waals surface area contributed by atoms with Crippen molar-refractivity contribution in [2.45, 2.75) is 6.92 Å². The number of amides is 1. The Kier molecular flexibility index (Phi) is 4.82. The summed E-state index contributed by atoms with van der Waals surface area (Å²) in [6.07, 6.45) is 0. The van der Waals surface area contributed by atoms with E-state index in [0.29, 0.717) is 32.9 Å². The van der Waals surface area contributed by atoms with Gasteiger partial charge in [-0.25, -0.2) is 0 Å². The molecule has 1 amide bonds. The molecule has 0 radical (unpaired) electrons. The van der Waals surface area contributed by atoms with Crippen molar-refractivity contribution in [3.63, 3.8) is 0 Å². The lowest BCUT2D eigenvalue weighted by Crippen LogP contribution is -2.29. The summed E-state index contributed by atoms with van der Waals surface area (Å²) in [7, 11) is 0. The Morgan fingerprint density at radius 3 is 2.41 bits per heavy atom. The normalized spacial score (nSPS) is 10.8. The largest absolute Gasteiger partial charge is 0.506 e. The van der Waals surface area contributed by atoms with Gasteiger partial charge in [-0.15, -0.1) is 0 Å². The molecule has 29 heavy (non-hydrogen) atoms. The fraction of sp³-hybridized carbons (Fsp3) is 0.0435. The van der Waals surface area contributed by atoms with Crippen LogP contribution in [-0.4, -0.2) is 15.6 Å². The SMILES string of the molecule is Cc1c(Cl)cccc1NC(=O)c1c(O)c2ccccc2n(-c2ccccc2)c1=O. The molecule has 4 aromatic rings. The Labute approximate surface area is 171 Å². The Morgan fingerprint density at radius 1 is 0.966 bits per heavy atom. The first kappa shape index (κ1) is 18.8. The van der Waals surface area contributed by atoms with E-state index in [2.05, 4.69) is 5.32 Å². The van der Waals surface area contributed by atoms with E-state index in [1.165, 1.54) is 4.57 Å². The van der Waals surface area contributed by atoms with Crippen LogP contribution >= 0.6 is 11.6 Å². The molecule has 0 saturated heterocycles. The quantitative estimate of drug-likeness (QED) is 0.509. The van der Waals surface area contributed by atoms with Crippen LogP contribution in [0.5, 0.6) is 5.75 Å². The van der Waals surface area contributed by atoms with Crippen molar-refractivity contribution in [2.75, 3.05) is 5.32 Å². The molecule has 144 valence electrons. The molecule has 0 aliphatic carbocycles. The number of nitrogens with one attached hydrogen (secondary N) is 1. The molecule has 1 aromatic heterocycles. The van der Waals surface area contributed by atoms with E-state index in [4.69, 9.17) is 11.6 Å². The van der Waals surface area contributed by atoms with Crippen molar-refractivity contribution in [1.29, 1.82) is 0 Å². The molecule has 0 bridgehead atoms. The minimum Gasteiger partial charge on any atom is -0.506 e. The summed E-state index contributed by atoms with van der Waals surface area (Å²) in [5.74, 6) is -1.05. The summed E-state index contributed by atoms with van der Waals surface area (Å²) < 4.78 is 1.43. The molecule has 0 spiro atoms. The molecule has 1 heterocycles. The molecule has 5 nitrogen and oxygen atoms in total. The molecule has 6 heteroatoms. The number of aromatic hydroxyl groups is 1. The smallest absolute Gasteiger partial charge is 0.272 e. The van der Waals surface area contributed by atoms with Crippen molar-refractivity contribution >= 4 is 34.1 Å². The van der Waals surface area contributed by atoms with Gasteiger partial charge in [0.05, 0.1) is 5.52 Å². The van der Waals surface area contributed by atoms with Crippen LogP contribution in [0.3, 0.4) is 0 Å². The van der Waals surface area contributed by atoms with Crippen LogP contribution in [0.1, 0.15) is 15.9 Å². The fourth-order valence-corrected chi connectivity index (χ4v) is 3.47. The third kappa shape index (κ3) is 3.26. The van der Waals surface area contributed by atoms with Crippen molar-refractivity contribution in [3.05, 3.63) is 99.3 Å². The second kappa shape index (κ2) is 7.45. The topological polar surface area (TPSA) is 71.3 Å². The first-order valence-corrected chi connectivity index (χ1v) is 9.35. The highest BCUT2D eigenvalue weighted by Crippen LogP contribution is 2.29. The van der Waals surface area contributed by atoms with Gasteiger partial charge in [0.15, 0.2) is 0 Å². The molecule has 0 aliphatic heterocycles. The number of para-hydroxylation sites is 2. The maximum Gasteiger partial charge on any atom is 0.272 e. The van der Waals surface area contributed by atoms with Crippen LogP contribution in [0, 0.1) is 6.92 Å². The maximum atomic E-state index is 13.3. The third-order valence-corrected chi connectivity index (χ3v) is 5.22. The zero-order chi connectivity index (χ0) is 20.5. The number of benzene rings is 3. The Balaban J connectivity index is 1.94. The predicted octanol–water partition coefficient (Wildman–Crippen LogP) is 4.91.